The third-order valence-electron chi connectivity index (χ3n) is 3.48. The van der Waals surface area contributed by atoms with E-state index >= 15 is 0 Å². The highest BCUT2D eigenvalue weighted by Gasteiger charge is 2.26. The molecular formula is C11H18N6O3. The molecule has 110 valence electrons. The number of nitrogen functional groups attached to an aromatic ring is 1. The molecule has 1 fully saturated rings. The zero-order valence-corrected chi connectivity index (χ0v) is 11.2. The summed E-state index contributed by atoms with van der Waals surface area (Å²) in [6, 6.07) is 0.0538. The molecule has 20 heavy (non-hydrogen) atoms. The maximum atomic E-state index is 11.1. The topological polar surface area (TPSA) is 128 Å². The first kappa shape index (κ1) is 14.4. The summed E-state index contributed by atoms with van der Waals surface area (Å²) in [6.45, 7) is 3.42. The lowest BCUT2D eigenvalue weighted by Gasteiger charge is -2.28. The van der Waals surface area contributed by atoms with Gasteiger partial charge in [-0.25, -0.2) is 15.8 Å². The third-order valence-corrected chi connectivity index (χ3v) is 3.48. The first-order valence-electron chi connectivity index (χ1n) is 6.43. The van der Waals surface area contributed by atoms with E-state index in [0.29, 0.717) is 5.92 Å². The second-order valence-electron chi connectivity index (χ2n) is 4.70. The van der Waals surface area contributed by atoms with E-state index in [2.05, 4.69) is 20.7 Å². The molecule has 0 bridgehead atoms. The number of ether oxygens (including phenoxy) is 1. The molecule has 1 aliphatic rings. The molecule has 2 heterocycles. The number of hydrogen-bond donors (Lipinski definition) is 3. The minimum atomic E-state index is -0.547. The average Bonchev–Trinajstić information content (AvgIpc) is 2.47. The minimum absolute atomic E-state index is 0.00771. The number of nitrogens with two attached hydrogens (primary N) is 1. The van der Waals surface area contributed by atoms with E-state index in [0.717, 1.165) is 26.1 Å². The third kappa shape index (κ3) is 3.11. The predicted octanol–water partition coefficient (Wildman–Crippen LogP) is 0.897. The number of nitro groups is 1. The van der Waals surface area contributed by atoms with Gasteiger partial charge >= 0.3 is 5.69 Å². The summed E-state index contributed by atoms with van der Waals surface area (Å²) < 4.78 is 5.31. The molecule has 1 atom stereocenters. The highest BCUT2D eigenvalue weighted by Crippen LogP contribution is 2.30. The lowest BCUT2D eigenvalue weighted by Crippen LogP contribution is -2.31. The maximum absolute atomic E-state index is 11.1. The Morgan fingerprint density at radius 2 is 2.10 bits per heavy atom. The molecule has 9 nitrogen and oxygen atoms in total. The normalized spacial score (nSPS) is 17.5. The van der Waals surface area contributed by atoms with Gasteiger partial charge in [0.05, 0.1) is 4.92 Å². The second-order valence-corrected chi connectivity index (χ2v) is 4.70. The number of nitrogens with zero attached hydrogens (tertiary/aromatic N) is 3. The van der Waals surface area contributed by atoms with Gasteiger partial charge in [-0.15, -0.1) is 0 Å². The molecule has 0 saturated carbocycles. The van der Waals surface area contributed by atoms with Crippen molar-refractivity contribution >= 4 is 17.3 Å². The fourth-order valence-electron chi connectivity index (χ4n) is 2.31. The average molecular weight is 282 g/mol. The molecule has 2 rings (SSSR count). The fraction of sp³-hybridized carbons (Fsp3) is 0.636. The monoisotopic (exact) mass is 282 g/mol. The van der Waals surface area contributed by atoms with Crippen LogP contribution in [0.4, 0.5) is 17.3 Å². The van der Waals surface area contributed by atoms with Crippen LogP contribution < -0.4 is 16.6 Å². The van der Waals surface area contributed by atoms with Crippen molar-refractivity contribution in [3.05, 3.63) is 16.4 Å². The first-order chi connectivity index (χ1) is 9.63. The Bertz CT molecular complexity index is 477. The van der Waals surface area contributed by atoms with E-state index in [1.54, 1.807) is 0 Å². The van der Waals surface area contributed by atoms with E-state index in [-0.39, 0.29) is 23.4 Å². The van der Waals surface area contributed by atoms with E-state index in [1.807, 2.05) is 6.92 Å². The Labute approximate surface area is 116 Å². The van der Waals surface area contributed by atoms with Crippen LogP contribution in [-0.2, 0) is 4.74 Å². The summed E-state index contributed by atoms with van der Waals surface area (Å²) in [6.07, 6.45) is 3.09. The zero-order chi connectivity index (χ0) is 14.5. The number of nitrogens with one attached hydrogen (secondary N) is 2. The number of hydrogen-bond acceptors (Lipinski definition) is 8. The lowest BCUT2D eigenvalue weighted by molar-refractivity contribution is -0.383. The molecule has 1 unspecified atom stereocenters. The Kier molecular flexibility index (Phi) is 4.64. The van der Waals surface area contributed by atoms with Crippen molar-refractivity contribution in [1.82, 2.24) is 9.97 Å². The van der Waals surface area contributed by atoms with Crippen molar-refractivity contribution in [1.29, 1.82) is 0 Å². The number of aromatic nitrogens is 2. The summed E-state index contributed by atoms with van der Waals surface area (Å²) >= 11 is 0. The maximum Gasteiger partial charge on any atom is 0.354 e. The Balaban J connectivity index is 2.17. The summed E-state index contributed by atoms with van der Waals surface area (Å²) in [7, 11) is 0. The molecule has 1 aromatic rings. The van der Waals surface area contributed by atoms with Gasteiger partial charge in [0, 0.05) is 19.3 Å². The van der Waals surface area contributed by atoms with E-state index < -0.39 is 4.92 Å². The standard InChI is InChI=1S/C11H18N6O3/c1-7(8-2-4-20-5-3-8)15-10-9(17(18)19)11(16-12)14-6-13-10/h6-8H,2-5,12H2,1H3,(H2,13,14,15,16). The fourth-order valence-corrected chi connectivity index (χ4v) is 2.31. The summed E-state index contributed by atoms with van der Waals surface area (Å²) in [4.78, 5) is 18.3. The smallest absolute Gasteiger partial charge is 0.354 e. The molecule has 0 aromatic carbocycles. The quantitative estimate of drug-likeness (QED) is 0.412. The van der Waals surface area contributed by atoms with Crippen molar-refractivity contribution in [3.63, 3.8) is 0 Å². The summed E-state index contributed by atoms with van der Waals surface area (Å²) in [5.41, 5.74) is 1.98. The molecule has 9 heteroatoms. The highest BCUT2D eigenvalue weighted by molar-refractivity contribution is 5.69. The summed E-state index contributed by atoms with van der Waals surface area (Å²) in [5.74, 6) is 5.81. The SMILES string of the molecule is CC(Nc1ncnc(NN)c1[N+](=O)[O-])C1CCOCC1. The Hall–Kier alpha value is -2.00. The molecular weight excluding hydrogens is 264 g/mol. The zero-order valence-electron chi connectivity index (χ0n) is 11.2. The lowest BCUT2D eigenvalue weighted by atomic mass is 9.93. The van der Waals surface area contributed by atoms with Crippen LogP contribution in [-0.4, -0.2) is 34.1 Å². The second kappa shape index (κ2) is 6.44. The van der Waals surface area contributed by atoms with Crippen LogP contribution in [0.1, 0.15) is 19.8 Å². The van der Waals surface area contributed by atoms with E-state index in [1.165, 1.54) is 6.33 Å². The van der Waals surface area contributed by atoms with Crippen molar-refractivity contribution in [2.45, 2.75) is 25.8 Å². The van der Waals surface area contributed by atoms with Gasteiger partial charge in [0.2, 0.25) is 11.6 Å². The van der Waals surface area contributed by atoms with Gasteiger partial charge < -0.3 is 15.5 Å². The van der Waals surface area contributed by atoms with Gasteiger partial charge in [-0.05, 0) is 25.7 Å². The predicted molar refractivity (Wildman–Crippen MR) is 73.1 cm³/mol. The van der Waals surface area contributed by atoms with E-state index in [4.69, 9.17) is 10.6 Å². The molecule has 1 aliphatic heterocycles. The highest BCUT2D eigenvalue weighted by atomic mass is 16.6. The molecule has 0 aliphatic carbocycles. The molecule has 4 N–H and O–H groups in total. The van der Waals surface area contributed by atoms with Gasteiger partial charge in [0.15, 0.2) is 0 Å². The number of rotatable bonds is 5. The number of hydrazine groups is 1. The molecule has 0 radical (unpaired) electrons. The van der Waals surface area contributed by atoms with Crippen LogP contribution in [0.5, 0.6) is 0 Å². The van der Waals surface area contributed by atoms with Crippen LogP contribution in [0.3, 0.4) is 0 Å². The van der Waals surface area contributed by atoms with Crippen LogP contribution in [0.15, 0.2) is 6.33 Å². The van der Waals surface area contributed by atoms with Gasteiger partial charge in [0.25, 0.3) is 0 Å². The molecule has 1 aromatic heterocycles. The largest absolute Gasteiger partial charge is 0.381 e. The van der Waals surface area contributed by atoms with Crippen molar-refractivity contribution in [2.75, 3.05) is 24.0 Å². The Morgan fingerprint density at radius 3 is 2.70 bits per heavy atom. The van der Waals surface area contributed by atoms with Crippen LogP contribution >= 0.6 is 0 Å². The summed E-state index contributed by atoms with van der Waals surface area (Å²) in [5, 5.41) is 14.2. The minimum Gasteiger partial charge on any atom is -0.381 e. The van der Waals surface area contributed by atoms with Crippen molar-refractivity contribution in [2.24, 2.45) is 11.8 Å². The first-order valence-corrected chi connectivity index (χ1v) is 6.43. The van der Waals surface area contributed by atoms with Crippen LogP contribution in [0.2, 0.25) is 0 Å². The Morgan fingerprint density at radius 1 is 1.45 bits per heavy atom. The molecule has 0 amide bonds. The van der Waals surface area contributed by atoms with Gasteiger partial charge in [-0.1, -0.05) is 0 Å². The molecule has 0 spiro atoms. The van der Waals surface area contributed by atoms with Gasteiger partial charge in [0.1, 0.15) is 6.33 Å². The van der Waals surface area contributed by atoms with Crippen molar-refractivity contribution < 1.29 is 9.66 Å². The van der Waals surface area contributed by atoms with Crippen molar-refractivity contribution in [3.8, 4) is 0 Å². The molecule has 1 saturated heterocycles. The number of anilines is 2. The van der Waals surface area contributed by atoms with Gasteiger partial charge in [-0.3, -0.25) is 10.1 Å². The van der Waals surface area contributed by atoms with Gasteiger partial charge in [-0.2, -0.15) is 0 Å². The van der Waals surface area contributed by atoms with E-state index in [9.17, 15) is 10.1 Å². The van der Waals surface area contributed by atoms with Crippen LogP contribution in [0, 0.1) is 16.0 Å². The van der Waals surface area contributed by atoms with Crippen LogP contribution in [0.25, 0.3) is 0 Å².